The van der Waals surface area contributed by atoms with E-state index in [1.807, 2.05) is 35.2 Å². The first-order chi connectivity index (χ1) is 10.5. The van der Waals surface area contributed by atoms with E-state index in [9.17, 15) is 9.59 Å². The zero-order valence-corrected chi connectivity index (χ0v) is 14.4. The fourth-order valence-electron chi connectivity index (χ4n) is 2.90. The van der Waals surface area contributed by atoms with E-state index in [0.29, 0.717) is 19.5 Å². The summed E-state index contributed by atoms with van der Waals surface area (Å²) in [6.07, 6.45) is 0.620. The van der Waals surface area contributed by atoms with E-state index in [-0.39, 0.29) is 42.7 Å². The molecule has 23 heavy (non-hydrogen) atoms. The van der Waals surface area contributed by atoms with Crippen molar-refractivity contribution in [3.63, 3.8) is 0 Å². The Morgan fingerprint density at radius 3 is 2.48 bits per heavy atom. The number of hydrogen-bond acceptors (Lipinski definition) is 3. The van der Waals surface area contributed by atoms with Crippen molar-refractivity contribution in [2.45, 2.75) is 26.3 Å². The number of carboxylic acids is 1. The van der Waals surface area contributed by atoms with Crippen LogP contribution in [-0.2, 0) is 9.59 Å². The Balaban J connectivity index is 0.00000264. The third-order valence-electron chi connectivity index (χ3n) is 4.13. The molecule has 2 atom stereocenters. The lowest BCUT2D eigenvalue weighted by atomic mass is 9.96. The molecule has 0 radical (unpaired) electrons. The van der Waals surface area contributed by atoms with Crippen molar-refractivity contribution >= 4 is 24.3 Å². The molecular formula is C17H25ClN2O3. The van der Waals surface area contributed by atoms with Gasteiger partial charge in [-0.15, -0.1) is 12.4 Å². The number of hydrogen-bond donors (Lipinski definition) is 2. The second kappa shape index (κ2) is 8.89. The van der Waals surface area contributed by atoms with Crippen molar-refractivity contribution in [3.8, 4) is 0 Å². The van der Waals surface area contributed by atoms with Gasteiger partial charge in [-0.05, 0) is 24.4 Å². The second-order valence-corrected chi connectivity index (χ2v) is 6.26. The first-order valence-corrected chi connectivity index (χ1v) is 7.77. The molecule has 0 bridgehead atoms. The van der Waals surface area contributed by atoms with Crippen molar-refractivity contribution in [2.75, 3.05) is 19.6 Å². The maximum Gasteiger partial charge on any atom is 0.307 e. The zero-order chi connectivity index (χ0) is 16.1. The Morgan fingerprint density at radius 2 is 1.96 bits per heavy atom. The van der Waals surface area contributed by atoms with Crippen molar-refractivity contribution < 1.29 is 14.7 Å². The smallest absolute Gasteiger partial charge is 0.307 e. The van der Waals surface area contributed by atoms with Gasteiger partial charge in [0.15, 0.2) is 0 Å². The van der Waals surface area contributed by atoms with Crippen LogP contribution in [0.2, 0.25) is 0 Å². The number of nitrogens with one attached hydrogen (secondary N) is 1. The summed E-state index contributed by atoms with van der Waals surface area (Å²) in [4.78, 5) is 25.1. The number of carboxylic acid groups (broad SMARTS) is 1. The van der Waals surface area contributed by atoms with Crippen LogP contribution < -0.4 is 5.32 Å². The molecule has 2 N–H and O–H groups in total. The summed E-state index contributed by atoms with van der Waals surface area (Å²) >= 11 is 0. The average Bonchev–Trinajstić information content (AvgIpc) is 2.94. The lowest BCUT2D eigenvalue weighted by Gasteiger charge is -2.24. The van der Waals surface area contributed by atoms with Gasteiger partial charge in [0.25, 0.3) is 0 Å². The molecule has 5 nitrogen and oxygen atoms in total. The standard InChI is InChI=1S/C17H24N2O3.ClH/c1-12(2)16(13-6-4-3-5-7-13)18-15(20)11-19-9-8-14(10-19)17(21)22;/h3-7,12,14,16H,8-11H2,1-2H3,(H,18,20)(H,21,22);1H. The van der Waals surface area contributed by atoms with E-state index in [4.69, 9.17) is 5.11 Å². The van der Waals surface area contributed by atoms with Crippen LogP contribution in [0.5, 0.6) is 0 Å². The normalized spacial score (nSPS) is 19.2. The first-order valence-electron chi connectivity index (χ1n) is 7.77. The van der Waals surface area contributed by atoms with Crippen LogP contribution in [0, 0.1) is 11.8 Å². The molecule has 0 spiro atoms. The van der Waals surface area contributed by atoms with Gasteiger partial charge in [-0.3, -0.25) is 14.5 Å². The largest absolute Gasteiger partial charge is 0.481 e. The number of nitrogens with zero attached hydrogens (tertiary/aromatic N) is 1. The first kappa shape index (κ1) is 19.5. The molecule has 1 aromatic carbocycles. The Morgan fingerprint density at radius 1 is 1.30 bits per heavy atom. The molecule has 128 valence electrons. The summed E-state index contributed by atoms with van der Waals surface area (Å²) in [6.45, 7) is 5.55. The lowest BCUT2D eigenvalue weighted by molar-refractivity contribution is -0.141. The van der Waals surface area contributed by atoms with Gasteiger partial charge in [-0.25, -0.2) is 0 Å². The molecule has 6 heteroatoms. The molecule has 1 aliphatic rings. The Labute approximate surface area is 143 Å². The minimum Gasteiger partial charge on any atom is -0.481 e. The van der Waals surface area contributed by atoms with E-state index in [2.05, 4.69) is 19.2 Å². The molecule has 0 aliphatic carbocycles. The van der Waals surface area contributed by atoms with E-state index in [1.165, 1.54) is 0 Å². The molecular weight excluding hydrogens is 316 g/mol. The third-order valence-corrected chi connectivity index (χ3v) is 4.13. The van der Waals surface area contributed by atoms with Gasteiger partial charge in [-0.1, -0.05) is 44.2 Å². The number of carbonyl (C=O) groups excluding carboxylic acids is 1. The highest BCUT2D eigenvalue weighted by Crippen LogP contribution is 2.21. The molecule has 1 fully saturated rings. The topological polar surface area (TPSA) is 69.6 Å². The average molecular weight is 341 g/mol. The number of rotatable bonds is 6. The maximum absolute atomic E-state index is 12.3. The van der Waals surface area contributed by atoms with Crippen molar-refractivity contribution in [1.82, 2.24) is 10.2 Å². The van der Waals surface area contributed by atoms with Crippen molar-refractivity contribution in [1.29, 1.82) is 0 Å². The van der Waals surface area contributed by atoms with Gasteiger partial charge >= 0.3 is 5.97 Å². The van der Waals surface area contributed by atoms with Crippen LogP contribution in [0.15, 0.2) is 30.3 Å². The molecule has 2 unspecified atom stereocenters. The van der Waals surface area contributed by atoms with Crippen molar-refractivity contribution in [3.05, 3.63) is 35.9 Å². The van der Waals surface area contributed by atoms with E-state index >= 15 is 0 Å². The fourth-order valence-corrected chi connectivity index (χ4v) is 2.90. The second-order valence-electron chi connectivity index (χ2n) is 6.26. The Kier molecular flexibility index (Phi) is 7.52. The molecule has 0 saturated carbocycles. The molecule has 1 aromatic rings. The van der Waals surface area contributed by atoms with Gasteiger partial charge in [-0.2, -0.15) is 0 Å². The summed E-state index contributed by atoms with van der Waals surface area (Å²) in [5.74, 6) is -0.875. The predicted octanol–water partition coefficient (Wildman–Crippen LogP) is 2.33. The van der Waals surface area contributed by atoms with Gasteiger partial charge < -0.3 is 10.4 Å². The molecule has 1 amide bonds. The monoisotopic (exact) mass is 340 g/mol. The van der Waals surface area contributed by atoms with Crippen molar-refractivity contribution in [2.24, 2.45) is 11.8 Å². The van der Waals surface area contributed by atoms with Gasteiger partial charge in [0.1, 0.15) is 0 Å². The minimum atomic E-state index is -0.771. The SMILES string of the molecule is CC(C)C(NC(=O)CN1CCC(C(=O)O)C1)c1ccccc1.Cl. The maximum atomic E-state index is 12.3. The zero-order valence-electron chi connectivity index (χ0n) is 13.6. The number of halogens is 1. The Hall–Kier alpha value is -1.59. The molecule has 2 rings (SSSR count). The molecule has 1 aliphatic heterocycles. The highest BCUT2D eigenvalue weighted by molar-refractivity contribution is 5.85. The summed E-state index contributed by atoms with van der Waals surface area (Å²) < 4.78 is 0. The lowest BCUT2D eigenvalue weighted by Crippen LogP contribution is -2.39. The van der Waals surface area contributed by atoms with Crippen LogP contribution in [-0.4, -0.2) is 41.5 Å². The number of carbonyl (C=O) groups is 2. The van der Waals surface area contributed by atoms with Crippen LogP contribution in [0.1, 0.15) is 31.9 Å². The summed E-state index contributed by atoms with van der Waals surface area (Å²) in [5.41, 5.74) is 1.09. The summed E-state index contributed by atoms with van der Waals surface area (Å²) in [7, 11) is 0. The Bertz CT molecular complexity index is 522. The van der Waals surface area contributed by atoms with Gasteiger partial charge in [0, 0.05) is 6.54 Å². The minimum absolute atomic E-state index is 0. The number of benzene rings is 1. The highest BCUT2D eigenvalue weighted by atomic mass is 35.5. The highest BCUT2D eigenvalue weighted by Gasteiger charge is 2.29. The van der Waals surface area contributed by atoms with Crippen LogP contribution in [0.4, 0.5) is 0 Å². The number of aliphatic carboxylic acids is 1. The number of likely N-dealkylation sites (tertiary alicyclic amines) is 1. The third kappa shape index (κ3) is 5.52. The van der Waals surface area contributed by atoms with Gasteiger partial charge in [0.05, 0.1) is 18.5 Å². The van der Waals surface area contributed by atoms with E-state index in [1.54, 1.807) is 0 Å². The van der Waals surface area contributed by atoms with Crippen LogP contribution in [0.25, 0.3) is 0 Å². The predicted molar refractivity (Wildman–Crippen MR) is 91.6 cm³/mol. The summed E-state index contributed by atoms with van der Waals surface area (Å²) in [5, 5.41) is 12.1. The van der Waals surface area contributed by atoms with Crippen LogP contribution >= 0.6 is 12.4 Å². The molecule has 0 aromatic heterocycles. The van der Waals surface area contributed by atoms with E-state index < -0.39 is 5.97 Å². The molecule has 1 saturated heterocycles. The number of amides is 1. The van der Waals surface area contributed by atoms with Gasteiger partial charge in [0.2, 0.25) is 5.91 Å². The van der Waals surface area contributed by atoms with E-state index in [0.717, 1.165) is 5.56 Å². The molecule has 1 heterocycles. The quantitative estimate of drug-likeness (QED) is 0.834. The van der Waals surface area contributed by atoms with Crippen LogP contribution in [0.3, 0.4) is 0 Å². The fraction of sp³-hybridized carbons (Fsp3) is 0.529. The summed E-state index contributed by atoms with van der Waals surface area (Å²) in [6, 6.07) is 9.90.